The number of piperidine rings is 1. The van der Waals surface area contributed by atoms with Gasteiger partial charge < -0.3 is 14.8 Å². The van der Waals surface area contributed by atoms with Crippen molar-refractivity contribution in [1.29, 1.82) is 0 Å². The van der Waals surface area contributed by atoms with Gasteiger partial charge in [0.2, 0.25) is 15.9 Å². The number of anilines is 1. The number of hydrogen-bond donors (Lipinski definition) is 1. The van der Waals surface area contributed by atoms with Crippen molar-refractivity contribution in [3.8, 4) is 11.5 Å². The molecule has 1 fully saturated rings. The lowest BCUT2D eigenvalue weighted by Gasteiger charge is -2.31. The Bertz CT molecular complexity index is 996. The number of nitrogens with one attached hydrogen (secondary N) is 1. The first-order chi connectivity index (χ1) is 13.8. The maximum absolute atomic E-state index is 13.3. The fourth-order valence-corrected chi connectivity index (χ4v) is 4.85. The fraction of sp³-hybridized carbons (Fsp3) is 0.350. The van der Waals surface area contributed by atoms with Crippen LogP contribution in [0.25, 0.3) is 0 Å². The lowest BCUT2D eigenvalue weighted by atomic mass is 9.99. The number of amides is 1. The van der Waals surface area contributed by atoms with E-state index < -0.39 is 21.8 Å². The second-order valence-electron chi connectivity index (χ2n) is 6.72. The van der Waals surface area contributed by atoms with Crippen molar-refractivity contribution in [3.05, 3.63) is 48.3 Å². The molecule has 9 heteroatoms. The van der Waals surface area contributed by atoms with Crippen LogP contribution in [0, 0.1) is 11.7 Å². The highest BCUT2D eigenvalue weighted by Crippen LogP contribution is 2.32. The van der Waals surface area contributed by atoms with Crippen LogP contribution < -0.4 is 14.8 Å². The minimum absolute atomic E-state index is 0.0534. The summed E-state index contributed by atoms with van der Waals surface area (Å²) in [5.41, 5.74) is 0.342. The first kappa shape index (κ1) is 21.1. The van der Waals surface area contributed by atoms with Crippen molar-refractivity contribution in [3.63, 3.8) is 0 Å². The lowest BCUT2D eigenvalue weighted by Crippen LogP contribution is -2.43. The standard InChI is InChI=1S/C20H23FN2O5S/c1-27-18-9-8-17(12-19(18)28-2)29(25,26)23-10-4-5-14(13-23)20(24)22-16-7-3-6-15(21)11-16/h3,6-9,11-12,14H,4-5,10,13H2,1-2H3,(H,22,24)/t14-/m1/s1. The van der Waals surface area contributed by atoms with Crippen LogP contribution in [0.1, 0.15) is 12.8 Å². The van der Waals surface area contributed by atoms with Crippen LogP contribution in [0.5, 0.6) is 11.5 Å². The van der Waals surface area contributed by atoms with Crippen molar-refractivity contribution >= 4 is 21.6 Å². The van der Waals surface area contributed by atoms with Crippen molar-refractivity contribution in [2.75, 3.05) is 32.6 Å². The third-order valence-corrected chi connectivity index (χ3v) is 6.70. The number of sulfonamides is 1. The summed E-state index contributed by atoms with van der Waals surface area (Å²) in [6.07, 6.45) is 1.10. The van der Waals surface area contributed by atoms with Gasteiger partial charge >= 0.3 is 0 Å². The Labute approximate surface area is 169 Å². The molecule has 7 nitrogen and oxygen atoms in total. The highest BCUT2D eigenvalue weighted by atomic mass is 32.2. The summed E-state index contributed by atoms with van der Waals surface area (Å²) in [6, 6.07) is 9.98. The van der Waals surface area contributed by atoms with Crippen LogP contribution >= 0.6 is 0 Å². The van der Waals surface area contributed by atoms with Gasteiger partial charge in [0, 0.05) is 24.8 Å². The van der Waals surface area contributed by atoms with Gasteiger partial charge in [0.25, 0.3) is 0 Å². The quantitative estimate of drug-likeness (QED) is 0.774. The molecule has 0 radical (unpaired) electrons. The van der Waals surface area contributed by atoms with Gasteiger partial charge in [-0.2, -0.15) is 4.31 Å². The van der Waals surface area contributed by atoms with Gasteiger partial charge in [-0.15, -0.1) is 0 Å². The Kier molecular flexibility index (Phi) is 6.39. The Morgan fingerprint density at radius 1 is 1.14 bits per heavy atom. The van der Waals surface area contributed by atoms with Gasteiger partial charge in [-0.3, -0.25) is 4.79 Å². The van der Waals surface area contributed by atoms with Crippen molar-refractivity contribution in [1.82, 2.24) is 4.31 Å². The van der Waals surface area contributed by atoms with Gasteiger partial charge in [-0.05, 0) is 43.2 Å². The molecule has 3 rings (SSSR count). The molecule has 1 aliphatic heterocycles. The largest absolute Gasteiger partial charge is 0.493 e. The number of ether oxygens (including phenoxy) is 2. The summed E-state index contributed by atoms with van der Waals surface area (Å²) in [4.78, 5) is 12.7. The molecule has 0 aromatic heterocycles. The first-order valence-electron chi connectivity index (χ1n) is 9.13. The van der Waals surface area contributed by atoms with Crippen LogP contribution in [-0.4, -0.2) is 45.9 Å². The minimum Gasteiger partial charge on any atom is -0.493 e. The maximum Gasteiger partial charge on any atom is 0.243 e. The van der Waals surface area contributed by atoms with Gasteiger partial charge in [-0.1, -0.05) is 6.07 Å². The molecule has 0 unspecified atom stereocenters. The summed E-state index contributed by atoms with van der Waals surface area (Å²) in [5, 5.41) is 2.66. The Balaban J connectivity index is 1.76. The smallest absolute Gasteiger partial charge is 0.243 e. The van der Waals surface area contributed by atoms with Gasteiger partial charge in [0.05, 0.1) is 25.0 Å². The Morgan fingerprint density at radius 3 is 2.59 bits per heavy atom. The summed E-state index contributed by atoms with van der Waals surface area (Å²) in [6.45, 7) is 0.373. The average molecular weight is 422 g/mol. The minimum atomic E-state index is -3.81. The van der Waals surface area contributed by atoms with Crippen LogP contribution in [0.4, 0.5) is 10.1 Å². The molecule has 29 heavy (non-hydrogen) atoms. The molecule has 1 N–H and O–H groups in total. The number of benzene rings is 2. The molecule has 2 aromatic carbocycles. The molecular formula is C20H23FN2O5S. The normalized spacial score (nSPS) is 17.6. The number of carbonyl (C=O) groups excluding carboxylic acids is 1. The third-order valence-electron chi connectivity index (χ3n) is 4.84. The third kappa shape index (κ3) is 4.68. The number of hydrogen-bond acceptors (Lipinski definition) is 5. The van der Waals surface area contributed by atoms with E-state index in [0.29, 0.717) is 36.6 Å². The maximum atomic E-state index is 13.3. The predicted octanol–water partition coefficient (Wildman–Crippen LogP) is 2.88. The molecule has 0 aliphatic carbocycles. The zero-order valence-electron chi connectivity index (χ0n) is 16.2. The fourth-order valence-electron chi connectivity index (χ4n) is 3.31. The number of carbonyl (C=O) groups is 1. The molecule has 156 valence electrons. The molecule has 1 amide bonds. The van der Waals surface area contributed by atoms with Crippen molar-refractivity contribution in [2.24, 2.45) is 5.92 Å². The van der Waals surface area contributed by atoms with Gasteiger partial charge in [-0.25, -0.2) is 12.8 Å². The highest BCUT2D eigenvalue weighted by molar-refractivity contribution is 7.89. The topological polar surface area (TPSA) is 84.9 Å². The zero-order valence-corrected chi connectivity index (χ0v) is 17.0. The van der Waals surface area contributed by atoms with Gasteiger partial charge in [0.1, 0.15) is 5.82 Å². The molecule has 0 bridgehead atoms. The van der Waals surface area contributed by atoms with Crippen molar-refractivity contribution in [2.45, 2.75) is 17.7 Å². The van der Waals surface area contributed by atoms with E-state index in [9.17, 15) is 17.6 Å². The summed E-state index contributed by atoms with van der Waals surface area (Å²) in [7, 11) is -0.905. The SMILES string of the molecule is COc1ccc(S(=O)(=O)N2CCC[C@@H](C(=O)Nc3cccc(F)c3)C2)cc1OC. The van der Waals surface area contributed by atoms with Crippen LogP contribution in [0.2, 0.25) is 0 Å². The second kappa shape index (κ2) is 8.79. The summed E-state index contributed by atoms with van der Waals surface area (Å²) >= 11 is 0. The average Bonchev–Trinajstić information content (AvgIpc) is 2.73. The molecule has 1 atom stereocenters. The molecule has 1 heterocycles. The second-order valence-corrected chi connectivity index (χ2v) is 8.66. The van der Waals surface area contributed by atoms with E-state index in [2.05, 4.69) is 5.32 Å². The number of halogens is 1. The predicted molar refractivity (Wildman–Crippen MR) is 106 cm³/mol. The van der Waals surface area contributed by atoms with Gasteiger partial charge in [0.15, 0.2) is 11.5 Å². The number of methoxy groups -OCH3 is 2. The van der Waals surface area contributed by atoms with Crippen LogP contribution in [0.3, 0.4) is 0 Å². The van der Waals surface area contributed by atoms with E-state index in [1.165, 1.54) is 54.9 Å². The highest BCUT2D eigenvalue weighted by Gasteiger charge is 2.33. The first-order valence-corrected chi connectivity index (χ1v) is 10.6. The molecule has 0 saturated carbocycles. The van der Waals surface area contributed by atoms with E-state index in [1.807, 2.05) is 0 Å². The molecular weight excluding hydrogens is 399 g/mol. The van der Waals surface area contributed by atoms with Crippen LogP contribution in [-0.2, 0) is 14.8 Å². The summed E-state index contributed by atoms with van der Waals surface area (Å²) < 4.78 is 51.1. The van der Waals surface area contributed by atoms with Crippen molar-refractivity contribution < 1.29 is 27.1 Å². The number of rotatable bonds is 6. The van der Waals surface area contributed by atoms with E-state index in [0.717, 1.165) is 0 Å². The monoisotopic (exact) mass is 422 g/mol. The van der Waals surface area contributed by atoms with E-state index in [1.54, 1.807) is 6.07 Å². The molecule has 1 saturated heterocycles. The molecule has 0 spiro atoms. The summed E-state index contributed by atoms with van der Waals surface area (Å²) in [5.74, 6) is -0.572. The van der Waals surface area contributed by atoms with E-state index in [4.69, 9.17) is 9.47 Å². The zero-order chi connectivity index (χ0) is 21.0. The van der Waals surface area contributed by atoms with Crippen LogP contribution in [0.15, 0.2) is 47.4 Å². The molecule has 1 aliphatic rings. The Hall–Kier alpha value is -2.65. The molecule has 2 aromatic rings. The lowest BCUT2D eigenvalue weighted by molar-refractivity contribution is -0.120. The number of nitrogens with zero attached hydrogens (tertiary/aromatic N) is 1. The Morgan fingerprint density at radius 2 is 1.90 bits per heavy atom. The van der Waals surface area contributed by atoms with E-state index >= 15 is 0 Å². The van der Waals surface area contributed by atoms with E-state index in [-0.39, 0.29) is 17.3 Å².